The number of fused-ring (bicyclic) bond motifs is 1. The Morgan fingerprint density at radius 3 is 2.62 bits per heavy atom. The van der Waals surface area contributed by atoms with Gasteiger partial charge in [0.2, 0.25) is 0 Å². The Morgan fingerprint density at radius 2 is 1.81 bits per heavy atom. The van der Waals surface area contributed by atoms with E-state index in [2.05, 4.69) is 0 Å². The van der Waals surface area contributed by atoms with Crippen LogP contribution in [0.2, 0.25) is 0 Å². The van der Waals surface area contributed by atoms with Crippen LogP contribution in [0, 0.1) is 5.82 Å². The van der Waals surface area contributed by atoms with Crippen LogP contribution in [0.4, 0.5) is 4.39 Å². The highest BCUT2D eigenvalue weighted by atomic mass is 19.1. The van der Waals surface area contributed by atoms with Gasteiger partial charge in [-0.15, -0.1) is 0 Å². The molecule has 0 unspecified atom stereocenters. The summed E-state index contributed by atoms with van der Waals surface area (Å²) in [5.41, 5.74) is 0.697. The fraction of sp³-hybridized carbons (Fsp3) is 0.0588. The van der Waals surface area contributed by atoms with E-state index in [1.54, 1.807) is 18.2 Å². The zero-order valence-electron chi connectivity index (χ0n) is 11.1. The Labute approximate surface area is 120 Å². The fourth-order valence-corrected chi connectivity index (χ4v) is 2.30. The van der Waals surface area contributed by atoms with Gasteiger partial charge in [0, 0.05) is 11.6 Å². The summed E-state index contributed by atoms with van der Waals surface area (Å²) < 4.78 is 14.6. The highest BCUT2D eigenvalue weighted by Gasteiger charge is 2.10. The predicted octanol–water partition coefficient (Wildman–Crippen LogP) is 3.02. The Bertz CT molecular complexity index is 883. The van der Waals surface area contributed by atoms with Gasteiger partial charge in [-0.1, -0.05) is 30.3 Å². The molecule has 1 aromatic heterocycles. The smallest absolute Gasteiger partial charge is 0.251 e. The van der Waals surface area contributed by atoms with Crippen LogP contribution in [0.1, 0.15) is 10.4 Å². The van der Waals surface area contributed by atoms with Crippen LogP contribution in [-0.4, -0.2) is 10.4 Å². The van der Waals surface area contributed by atoms with Gasteiger partial charge in [0.25, 0.3) is 5.56 Å². The minimum Gasteiger partial charge on any atom is -0.300 e. The van der Waals surface area contributed by atoms with Crippen molar-refractivity contribution in [2.45, 2.75) is 6.54 Å². The molecule has 0 aliphatic carbocycles. The third-order valence-electron chi connectivity index (χ3n) is 3.35. The molecule has 0 spiro atoms. The summed E-state index contributed by atoms with van der Waals surface area (Å²) in [5, 5.41) is 0.879. The van der Waals surface area contributed by atoms with Gasteiger partial charge >= 0.3 is 0 Å². The van der Waals surface area contributed by atoms with Gasteiger partial charge in [-0.05, 0) is 29.7 Å². The maximum atomic E-state index is 13.2. The van der Waals surface area contributed by atoms with Crippen LogP contribution in [0.25, 0.3) is 10.9 Å². The Morgan fingerprint density at radius 1 is 1.00 bits per heavy atom. The molecule has 0 atom stereocenters. The zero-order valence-corrected chi connectivity index (χ0v) is 11.1. The highest BCUT2D eigenvalue weighted by Crippen LogP contribution is 2.12. The van der Waals surface area contributed by atoms with Crippen molar-refractivity contribution in [1.82, 2.24) is 4.57 Å². The number of hydrogen-bond acceptors (Lipinski definition) is 2. The van der Waals surface area contributed by atoms with E-state index in [0.29, 0.717) is 5.52 Å². The minimum absolute atomic E-state index is 0.108. The molecule has 0 saturated heterocycles. The molecule has 0 aliphatic rings. The Kier molecular flexibility index (Phi) is 3.36. The summed E-state index contributed by atoms with van der Waals surface area (Å²) in [6, 6.07) is 16.0. The standard InChI is InChI=1S/C17H12FNO2/c18-14-6-3-5-13(10-14)16(20)11-19-15-7-2-1-4-12(15)8-9-17(19)21/h1-10H,11H2. The first kappa shape index (κ1) is 13.2. The molecule has 21 heavy (non-hydrogen) atoms. The molecule has 0 bridgehead atoms. The number of rotatable bonds is 3. The first-order valence-corrected chi connectivity index (χ1v) is 6.52. The van der Waals surface area contributed by atoms with E-state index < -0.39 is 5.82 Å². The van der Waals surface area contributed by atoms with E-state index >= 15 is 0 Å². The first-order valence-electron chi connectivity index (χ1n) is 6.52. The highest BCUT2D eigenvalue weighted by molar-refractivity contribution is 5.96. The number of para-hydroxylation sites is 1. The van der Waals surface area contributed by atoms with Crippen molar-refractivity contribution in [1.29, 1.82) is 0 Å². The van der Waals surface area contributed by atoms with Crippen LogP contribution < -0.4 is 5.56 Å². The number of carbonyl (C=O) groups is 1. The van der Waals surface area contributed by atoms with Crippen LogP contribution in [0.5, 0.6) is 0 Å². The quantitative estimate of drug-likeness (QED) is 0.692. The van der Waals surface area contributed by atoms with E-state index in [0.717, 1.165) is 5.39 Å². The zero-order chi connectivity index (χ0) is 14.8. The van der Waals surface area contributed by atoms with E-state index in [-0.39, 0.29) is 23.5 Å². The molecule has 0 fully saturated rings. The van der Waals surface area contributed by atoms with Crippen molar-refractivity contribution in [3.63, 3.8) is 0 Å². The second-order valence-corrected chi connectivity index (χ2v) is 4.75. The number of halogens is 1. The molecular weight excluding hydrogens is 269 g/mol. The van der Waals surface area contributed by atoms with E-state index in [1.807, 2.05) is 18.2 Å². The molecule has 0 aliphatic heterocycles. The number of nitrogens with zero attached hydrogens (tertiary/aromatic N) is 1. The van der Waals surface area contributed by atoms with Crippen molar-refractivity contribution in [2.75, 3.05) is 0 Å². The third kappa shape index (κ3) is 2.60. The van der Waals surface area contributed by atoms with Crippen LogP contribution in [-0.2, 0) is 6.54 Å². The molecule has 3 rings (SSSR count). The SMILES string of the molecule is O=C(Cn1c(=O)ccc2ccccc21)c1cccc(F)c1. The average molecular weight is 281 g/mol. The molecule has 1 heterocycles. The number of aromatic nitrogens is 1. The van der Waals surface area contributed by atoms with Gasteiger partial charge in [0.05, 0.1) is 12.1 Å². The van der Waals surface area contributed by atoms with Gasteiger partial charge in [-0.2, -0.15) is 0 Å². The molecule has 4 heteroatoms. The van der Waals surface area contributed by atoms with Gasteiger partial charge in [-0.25, -0.2) is 4.39 Å². The normalized spacial score (nSPS) is 10.7. The summed E-state index contributed by atoms with van der Waals surface area (Å²) in [6.45, 7) is -0.108. The summed E-state index contributed by atoms with van der Waals surface area (Å²) >= 11 is 0. The van der Waals surface area contributed by atoms with Crippen molar-refractivity contribution in [3.8, 4) is 0 Å². The lowest BCUT2D eigenvalue weighted by Crippen LogP contribution is -2.23. The molecule has 0 radical (unpaired) electrons. The summed E-state index contributed by atoms with van der Waals surface area (Å²) in [6.07, 6.45) is 0. The second-order valence-electron chi connectivity index (χ2n) is 4.75. The number of benzene rings is 2. The molecule has 3 nitrogen and oxygen atoms in total. The van der Waals surface area contributed by atoms with Crippen LogP contribution >= 0.6 is 0 Å². The second kappa shape index (κ2) is 5.32. The van der Waals surface area contributed by atoms with Gasteiger partial charge < -0.3 is 4.57 Å². The topological polar surface area (TPSA) is 39.1 Å². The molecule has 0 N–H and O–H groups in total. The van der Waals surface area contributed by atoms with E-state index in [9.17, 15) is 14.0 Å². The maximum absolute atomic E-state index is 13.2. The minimum atomic E-state index is -0.467. The van der Waals surface area contributed by atoms with Crippen molar-refractivity contribution < 1.29 is 9.18 Å². The summed E-state index contributed by atoms with van der Waals surface area (Å²) in [7, 11) is 0. The van der Waals surface area contributed by atoms with Gasteiger partial charge in [0.15, 0.2) is 5.78 Å². The van der Waals surface area contributed by atoms with Gasteiger partial charge in [-0.3, -0.25) is 9.59 Å². The molecule has 2 aromatic carbocycles. The molecule has 104 valence electrons. The lowest BCUT2D eigenvalue weighted by Gasteiger charge is -2.09. The lowest BCUT2D eigenvalue weighted by atomic mass is 10.1. The number of pyridine rings is 1. The third-order valence-corrected chi connectivity index (χ3v) is 3.35. The Balaban J connectivity index is 2.04. The molecular formula is C17H12FNO2. The van der Waals surface area contributed by atoms with Crippen molar-refractivity contribution >= 4 is 16.7 Å². The number of ketones is 1. The first-order chi connectivity index (χ1) is 10.1. The monoisotopic (exact) mass is 281 g/mol. The van der Waals surface area contributed by atoms with Crippen molar-refractivity contribution in [2.24, 2.45) is 0 Å². The summed E-state index contributed by atoms with van der Waals surface area (Å²) in [5.74, 6) is -0.765. The van der Waals surface area contributed by atoms with Crippen LogP contribution in [0.3, 0.4) is 0 Å². The summed E-state index contributed by atoms with van der Waals surface area (Å²) in [4.78, 5) is 24.2. The average Bonchev–Trinajstić information content (AvgIpc) is 2.50. The van der Waals surface area contributed by atoms with Gasteiger partial charge in [0.1, 0.15) is 5.82 Å². The Hall–Kier alpha value is -2.75. The molecule has 3 aromatic rings. The van der Waals surface area contributed by atoms with Crippen LogP contribution in [0.15, 0.2) is 65.5 Å². The molecule has 0 saturated carbocycles. The number of hydrogen-bond donors (Lipinski definition) is 0. The number of carbonyl (C=O) groups excluding carboxylic acids is 1. The lowest BCUT2D eigenvalue weighted by molar-refractivity contribution is 0.0972. The largest absolute Gasteiger partial charge is 0.300 e. The maximum Gasteiger partial charge on any atom is 0.251 e. The van der Waals surface area contributed by atoms with Crippen molar-refractivity contribution in [3.05, 3.63) is 82.4 Å². The number of Topliss-reactive ketones (excluding diaryl/α,β-unsaturated/α-hetero) is 1. The predicted molar refractivity (Wildman–Crippen MR) is 78.9 cm³/mol. The fourth-order valence-electron chi connectivity index (χ4n) is 2.30. The van der Waals surface area contributed by atoms with E-state index in [1.165, 1.54) is 28.8 Å². The molecule has 0 amide bonds. The van der Waals surface area contributed by atoms with E-state index in [4.69, 9.17) is 0 Å².